The van der Waals surface area contributed by atoms with E-state index in [1.165, 1.54) is 4.88 Å². The smallest absolute Gasteiger partial charge is 0.169 e. The van der Waals surface area contributed by atoms with Crippen molar-refractivity contribution >= 4 is 49.9 Å². The van der Waals surface area contributed by atoms with Crippen LogP contribution in [0.1, 0.15) is 4.88 Å². The number of anilines is 2. The molecule has 0 fully saturated rings. The van der Waals surface area contributed by atoms with Gasteiger partial charge in [0.05, 0.1) is 17.6 Å². The molecule has 19 heavy (non-hydrogen) atoms. The molecule has 3 N–H and O–H groups in total. The van der Waals surface area contributed by atoms with Crippen molar-refractivity contribution < 1.29 is 0 Å². The minimum Gasteiger partial charge on any atom is -0.381 e. The lowest BCUT2D eigenvalue weighted by atomic mass is 10.3. The number of rotatable bonds is 3. The molecule has 3 rings (SSSR count). The van der Waals surface area contributed by atoms with E-state index in [9.17, 15) is 0 Å². The molecule has 96 valence electrons. The van der Waals surface area contributed by atoms with Crippen molar-refractivity contribution in [1.29, 1.82) is 0 Å². The predicted octanol–water partition coefficient (Wildman–Crippen LogP) is 3.65. The van der Waals surface area contributed by atoms with E-state index >= 15 is 0 Å². The summed E-state index contributed by atoms with van der Waals surface area (Å²) in [6.45, 7) is 0.676. The number of nitrogens with one attached hydrogen (secondary N) is 1. The molecule has 0 aliphatic carbocycles. The molecule has 0 bridgehead atoms. The highest BCUT2D eigenvalue weighted by Crippen LogP contribution is 2.25. The zero-order chi connectivity index (χ0) is 13.2. The van der Waals surface area contributed by atoms with E-state index in [-0.39, 0.29) is 0 Å². The second kappa shape index (κ2) is 5.14. The highest BCUT2D eigenvalue weighted by molar-refractivity contribution is 9.10. The van der Waals surface area contributed by atoms with Gasteiger partial charge >= 0.3 is 0 Å². The number of aromatic nitrogens is 2. The van der Waals surface area contributed by atoms with Gasteiger partial charge in [0.2, 0.25) is 0 Å². The van der Waals surface area contributed by atoms with E-state index in [2.05, 4.69) is 31.2 Å². The summed E-state index contributed by atoms with van der Waals surface area (Å²) in [6.07, 6.45) is 0. The van der Waals surface area contributed by atoms with E-state index in [0.29, 0.717) is 18.2 Å². The first-order valence-electron chi connectivity index (χ1n) is 5.72. The van der Waals surface area contributed by atoms with Crippen LogP contribution in [0.25, 0.3) is 11.0 Å². The summed E-state index contributed by atoms with van der Waals surface area (Å²) >= 11 is 5.18. The van der Waals surface area contributed by atoms with Gasteiger partial charge in [0.15, 0.2) is 11.6 Å². The van der Waals surface area contributed by atoms with Gasteiger partial charge in [0.1, 0.15) is 0 Å². The van der Waals surface area contributed by atoms with Crippen LogP contribution < -0.4 is 11.1 Å². The van der Waals surface area contributed by atoms with Crippen LogP contribution in [0.3, 0.4) is 0 Å². The predicted molar refractivity (Wildman–Crippen MR) is 83.3 cm³/mol. The molecule has 3 aromatic rings. The monoisotopic (exact) mass is 334 g/mol. The average molecular weight is 335 g/mol. The molecular formula is C13H11BrN4S. The van der Waals surface area contributed by atoms with Gasteiger partial charge < -0.3 is 11.1 Å². The zero-order valence-electron chi connectivity index (χ0n) is 9.93. The lowest BCUT2D eigenvalue weighted by Crippen LogP contribution is -2.06. The Balaban J connectivity index is 1.88. The number of benzene rings is 1. The molecule has 0 saturated carbocycles. The molecule has 0 aliphatic heterocycles. The normalized spacial score (nSPS) is 10.8. The van der Waals surface area contributed by atoms with E-state index in [1.807, 2.05) is 35.7 Å². The van der Waals surface area contributed by atoms with Crippen LogP contribution in [0.5, 0.6) is 0 Å². The van der Waals surface area contributed by atoms with E-state index in [4.69, 9.17) is 5.73 Å². The van der Waals surface area contributed by atoms with Crippen molar-refractivity contribution in [1.82, 2.24) is 9.97 Å². The summed E-state index contributed by atoms with van der Waals surface area (Å²) in [4.78, 5) is 10.0. The Morgan fingerprint density at radius 1 is 1.16 bits per heavy atom. The van der Waals surface area contributed by atoms with E-state index < -0.39 is 0 Å². The number of nitrogens with zero attached hydrogens (tertiary/aromatic N) is 2. The van der Waals surface area contributed by atoms with Gasteiger partial charge in [-0.2, -0.15) is 0 Å². The maximum Gasteiger partial charge on any atom is 0.169 e. The molecule has 4 nitrogen and oxygen atoms in total. The molecule has 0 unspecified atom stereocenters. The van der Waals surface area contributed by atoms with Crippen molar-refractivity contribution in [3.63, 3.8) is 0 Å². The fourth-order valence-corrected chi connectivity index (χ4v) is 3.19. The highest BCUT2D eigenvalue weighted by atomic mass is 79.9. The first kappa shape index (κ1) is 12.4. The lowest BCUT2D eigenvalue weighted by molar-refractivity contribution is 1.13. The van der Waals surface area contributed by atoms with Gasteiger partial charge in [-0.05, 0) is 39.5 Å². The summed E-state index contributed by atoms with van der Waals surface area (Å²) < 4.78 is 1.09. The Morgan fingerprint density at radius 2 is 1.89 bits per heavy atom. The number of hydrogen-bond donors (Lipinski definition) is 2. The number of thiophene rings is 1. The summed E-state index contributed by atoms with van der Waals surface area (Å²) in [5.41, 5.74) is 7.57. The highest BCUT2D eigenvalue weighted by Gasteiger charge is 2.07. The molecule has 2 aromatic heterocycles. The standard InChI is InChI=1S/C13H11BrN4S/c14-8-5-6-19-11(8)7-16-13-12(15)17-9-3-1-2-4-10(9)18-13/h1-6H,7H2,(H2,15,17)(H,16,18). The molecule has 0 spiro atoms. The number of fused-ring (bicyclic) bond motifs is 1. The van der Waals surface area contributed by atoms with Crippen molar-refractivity contribution in [2.75, 3.05) is 11.1 Å². The maximum absolute atomic E-state index is 5.92. The lowest BCUT2D eigenvalue weighted by Gasteiger charge is -2.08. The fourth-order valence-electron chi connectivity index (χ4n) is 1.76. The fraction of sp³-hybridized carbons (Fsp3) is 0.0769. The number of hydrogen-bond acceptors (Lipinski definition) is 5. The third kappa shape index (κ3) is 2.54. The van der Waals surface area contributed by atoms with Crippen molar-refractivity contribution in [2.24, 2.45) is 0 Å². The van der Waals surface area contributed by atoms with Crippen LogP contribution >= 0.6 is 27.3 Å². The molecule has 0 radical (unpaired) electrons. The first-order valence-corrected chi connectivity index (χ1v) is 7.39. The van der Waals surface area contributed by atoms with Crippen molar-refractivity contribution in [3.05, 3.63) is 45.1 Å². The van der Waals surface area contributed by atoms with E-state index in [0.717, 1.165) is 15.5 Å². The van der Waals surface area contributed by atoms with Gasteiger partial charge in [-0.3, -0.25) is 0 Å². The Labute approximate surface area is 122 Å². The SMILES string of the molecule is Nc1nc2ccccc2nc1NCc1sccc1Br. The molecule has 6 heteroatoms. The molecule has 0 saturated heterocycles. The van der Waals surface area contributed by atoms with Gasteiger partial charge in [0, 0.05) is 9.35 Å². The molecule has 2 heterocycles. The largest absolute Gasteiger partial charge is 0.381 e. The minimum atomic E-state index is 0.423. The molecule has 0 amide bonds. The Bertz CT molecular complexity index is 725. The number of nitrogens with two attached hydrogens (primary N) is 1. The number of nitrogen functional groups attached to an aromatic ring is 1. The average Bonchev–Trinajstić information content (AvgIpc) is 2.82. The third-order valence-corrected chi connectivity index (χ3v) is 4.63. The van der Waals surface area contributed by atoms with Crippen molar-refractivity contribution in [2.45, 2.75) is 6.54 Å². The Morgan fingerprint density at radius 3 is 2.58 bits per heavy atom. The quantitative estimate of drug-likeness (QED) is 0.767. The van der Waals surface area contributed by atoms with Gasteiger partial charge in [0.25, 0.3) is 0 Å². The zero-order valence-corrected chi connectivity index (χ0v) is 12.3. The van der Waals surface area contributed by atoms with Crippen LogP contribution in [0.2, 0.25) is 0 Å². The summed E-state index contributed by atoms with van der Waals surface area (Å²) in [5, 5.41) is 5.27. The molecular weight excluding hydrogens is 324 g/mol. The second-order valence-electron chi connectivity index (χ2n) is 3.99. The number of halogens is 1. The number of para-hydroxylation sites is 2. The summed E-state index contributed by atoms with van der Waals surface area (Å²) in [6, 6.07) is 9.71. The van der Waals surface area contributed by atoms with Gasteiger partial charge in [-0.1, -0.05) is 12.1 Å². The summed E-state index contributed by atoms with van der Waals surface area (Å²) in [5.74, 6) is 1.05. The summed E-state index contributed by atoms with van der Waals surface area (Å²) in [7, 11) is 0. The van der Waals surface area contributed by atoms with Crippen LogP contribution in [0.15, 0.2) is 40.2 Å². The molecule has 1 aromatic carbocycles. The Kier molecular flexibility index (Phi) is 3.35. The first-order chi connectivity index (χ1) is 9.24. The van der Waals surface area contributed by atoms with Crippen LogP contribution in [0, 0.1) is 0 Å². The van der Waals surface area contributed by atoms with Crippen LogP contribution in [-0.2, 0) is 6.54 Å². The molecule has 0 atom stereocenters. The maximum atomic E-state index is 5.92. The van der Waals surface area contributed by atoms with Gasteiger partial charge in [-0.15, -0.1) is 11.3 Å². The Hall–Kier alpha value is -1.66. The van der Waals surface area contributed by atoms with E-state index in [1.54, 1.807) is 11.3 Å². The van der Waals surface area contributed by atoms with Crippen LogP contribution in [-0.4, -0.2) is 9.97 Å². The van der Waals surface area contributed by atoms with Crippen LogP contribution in [0.4, 0.5) is 11.6 Å². The third-order valence-electron chi connectivity index (χ3n) is 2.70. The topological polar surface area (TPSA) is 63.8 Å². The minimum absolute atomic E-state index is 0.423. The van der Waals surface area contributed by atoms with Crippen molar-refractivity contribution in [3.8, 4) is 0 Å². The van der Waals surface area contributed by atoms with Gasteiger partial charge in [-0.25, -0.2) is 9.97 Å². The molecule has 0 aliphatic rings. The second-order valence-corrected chi connectivity index (χ2v) is 5.85.